The van der Waals surface area contributed by atoms with Crippen molar-refractivity contribution >= 4 is 23.2 Å². The second kappa shape index (κ2) is 6.56. The molecule has 0 aliphatic heterocycles. The Morgan fingerprint density at radius 1 is 1.37 bits per heavy atom. The summed E-state index contributed by atoms with van der Waals surface area (Å²) in [6.07, 6.45) is 2.00. The lowest BCUT2D eigenvalue weighted by Gasteiger charge is -2.25. The third-order valence-electron chi connectivity index (χ3n) is 3.44. The fourth-order valence-corrected chi connectivity index (χ4v) is 2.15. The number of carbonyl (C=O) groups is 3. The van der Waals surface area contributed by atoms with E-state index in [0.717, 1.165) is 0 Å². The topological polar surface area (TPSA) is 110 Å². The zero-order valence-corrected chi connectivity index (χ0v) is 11.1. The standard InChI is InChI=1S/C13H20N2O4/c1-2-13(12(18)19,7-4-8-14)15-11-9(16)5-3-6-10(11)17/h2-8,14H2,1H3,(H,18,19). The summed E-state index contributed by atoms with van der Waals surface area (Å²) in [6, 6.07) is 0. The van der Waals surface area contributed by atoms with E-state index in [1.165, 1.54) is 0 Å². The Bertz CT molecular complexity index is 399. The van der Waals surface area contributed by atoms with Gasteiger partial charge >= 0.3 is 5.97 Å². The van der Waals surface area contributed by atoms with Crippen molar-refractivity contribution in [3.63, 3.8) is 0 Å². The summed E-state index contributed by atoms with van der Waals surface area (Å²) in [7, 11) is 0. The van der Waals surface area contributed by atoms with Crippen molar-refractivity contribution in [1.82, 2.24) is 0 Å². The van der Waals surface area contributed by atoms with E-state index in [-0.39, 0.29) is 43.0 Å². The highest BCUT2D eigenvalue weighted by Gasteiger charge is 2.38. The molecule has 3 N–H and O–H groups in total. The normalized spacial score (nSPS) is 19.2. The van der Waals surface area contributed by atoms with Crippen molar-refractivity contribution in [2.45, 2.75) is 51.0 Å². The smallest absolute Gasteiger partial charge is 0.331 e. The fraction of sp³-hybridized carbons (Fsp3) is 0.692. The highest BCUT2D eigenvalue weighted by Crippen LogP contribution is 2.25. The molecule has 1 unspecified atom stereocenters. The number of carboxylic acids is 1. The Balaban J connectivity index is 3.13. The monoisotopic (exact) mass is 268 g/mol. The van der Waals surface area contributed by atoms with E-state index in [2.05, 4.69) is 4.99 Å². The van der Waals surface area contributed by atoms with Crippen LogP contribution in [0.1, 0.15) is 45.4 Å². The summed E-state index contributed by atoms with van der Waals surface area (Å²) in [5, 5.41) is 9.38. The van der Waals surface area contributed by atoms with Gasteiger partial charge < -0.3 is 10.8 Å². The van der Waals surface area contributed by atoms with Crippen molar-refractivity contribution in [1.29, 1.82) is 0 Å². The minimum absolute atomic E-state index is 0.174. The summed E-state index contributed by atoms with van der Waals surface area (Å²) in [6.45, 7) is 2.04. The van der Waals surface area contributed by atoms with Crippen molar-refractivity contribution < 1.29 is 19.5 Å². The average molecular weight is 268 g/mol. The van der Waals surface area contributed by atoms with Crippen LogP contribution in [0.15, 0.2) is 4.99 Å². The first-order valence-electron chi connectivity index (χ1n) is 6.56. The molecular weight excluding hydrogens is 248 g/mol. The van der Waals surface area contributed by atoms with Crippen LogP contribution in [0.4, 0.5) is 0 Å². The molecule has 6 heteroatoms. The number of nitrogens with two attached hydrogens (primary N) is 1. The number of nitrogens with zero attached hydrogens (tertiary/aromatic N) is 1. The van der Waals surface area contributed by atoms with Crippen molar-refractivity contribution in [2.75, 3.05) is 6.54 Å². The maximum absolute atomic E-state index is 11.7. The Morgan fingerprint density at radius 3 is 2.37 bits per heavy atom. The molecule has 0 saturated heterocycles. The predicted molar refractivity (Wildman–Crippen MR) is 70.2 cm³/mol. The molecule has 0 radical (unpaired) electrons. The average Bonchev–Trinajstić information content (AvgIpc) is 2.37. The third kappa shape index (κ3) is 3.47. The van der Waals surface area contributed by atoms with Gasteiger partial charge in [-0.2, -0.15) is 0 Å². The maximum Gasteiger partial charge on any atom is 0.331 e. The first-order chi connectivity index (χ1) is 8.96. The Kier molecular flexibility index (Phi) is 5.35. The van der Waals surface area contributed by atoms with E-state index in [1.807, 2.05) is 0 Å². The number of carbonyl (C=O) groups excluding carboxylic acids is 2. The van der Waals surface area contributed by atoms with E-state index in [9.17, 15) is 19.5 Å². The van der Waals surface area contributed by atoms with Crippen molar-refractivity contribution in [2.24, 2.45) is 10.7 Å². The van der Waals surface area contributed by atoms with Gasteiger partial charge in [0.2, 0.25) is 0 Å². The summed E-state index contributed by atoms with van der Waals surface area (Å²) in [4.78, 5) is 39.0. The molecule has 0 aromatic carbocycles. The predicted octanol–water partition coefficient (Wildman–Crippen LogP) is 0.722. The number of ketones is 2. The Labute approximate surface area is 112 Å². The van der Waals surface area contributed by atoms with Gasteiger partial charge in [0.15, 0.2) is 17.1 Å². The van der Waals surface area contributed by atoms with E-state index < -0.39 is 11.5 Å². The van der Waals surface area contributed by atoms with Gasteiger partial charge in [-0.3, -0.25) is 14.6 Å². The first kappa shape index (κ1) is 15.5. The van der Waals surface area contributed by atoms with Gasteiger partial charge in [0.05, 0.1) is 0 Å². The minimum Gasteiger partial charge on any atom is -0.479 e. The number of carboxylic acid groups (broad SMARTS) is 1. The molecule has 1 aliphatic rings. The van der Waals surface area contributed by atoms with E-state index in [0.29, 0.717) is 19.4 Å². The number of Topliss-reactive ketones (excluding diaryl/α,β-unsaturated/α-hetero) is 2. The van der Waals surface area contributed by atoms with Crippen LogP contribution in [-0.4, -0.2) is 40.4 Å². The van der Waals surface area contributed by atoms with E-state index in [4.69, 9.17) is 5.73 Å². The number of rotatable bonds is 6. The summed E-state index contributed by atoms with van der Waals surface area (Å²) in [5.41, 5.74) is 3.82. The van der Waals surface area contributed by atoms with Crippen LogP contribution in [0.3, 0.4) is 0 Å². The lowest BCUT2D eigenvalue weighted by Crippen LogP contribution is -2.41. The summed E-state index contributed by atoms with van der Waals surface area (Å²) < 4.78 is 0. The third-order valence-corrected chi connectivity index (χ3v) is 3.44. The number of aliphatic imine (C=N–C) groups is 1. The van der Waals surface area contributed by atoms with Gasteiger partial charge in [-0.25, -0.2) is 4.79 Å². The van der Waals surface area contributed by atoms with Gasteiger partial charge in [-0.15, -0.1) is 0 Å². The van der Waals surface area contributed by atoms with Gasteiger partial charge in [0.1, 0.15) is 5.71 Å². The molecule has 19 heavy (non-hydrogen) atoms. The van der Waals surface area contributed by atoms with E-state index in [1.54, 1.807) is 6.92 Å². The molecule has 1 fully saturated rings. The fourth-order valence-electron chi connectivity index (χ4n) is 2.15. The van der Waals surface area contributed by atoms with Crippen LogP contribution in [0.5, 0.6) is 0 Å². The second-order valence-corrected chi connectivity index (χ2v) is 4.74. The lowest BCUT2D eigenvalue weighted by atomic mass is 9.88. The Morgan fingerprint density at radius 2 is 1.95 bits per heavy atom. The summed E-state index contributed by atoms with van der Waals surface area (Å²) >= 11 is 0. The van der Waals surface area contributed by atoms with Crippen molar-refractivity contribution in [3.05, 3.63) is 0 Å². The SMILES string of the molecule is CCC(CCCN)(N=C1C(=O)CCCC1=O)C(=O)O. The minimum atomic E-state index is -1.41. The highest BCUT2D eigenvalue weighted by molar-refractivity contribution is 6.67. The van der Waals surface area contributed by atoms with Crippen LogP contribution in [0.2, 0.25) is 0 Å². The molecule has 106 valence electrons. The van der Waals surface area contributed by atoms with Gasteiger partial charge in [-0.05, 0) is 32.2 Å². The second-order valence-electron chi connectivity index (χ2n) is 4.74. The zero-order valence-electron chi connectivity index (χ0n) is 11.1. The van der Waals surface area contributed by atoms with Crippen molar-refractivity contribution in [3.8, 4) is 0 Å². The first-order valence-corrected chi connectivity index (χ1v) is 6.56. The molecule has 1 atom stereocenters. The number of hydrogen-bond donors (Lipinski definition) is 2. The molecule has 0 bridgehead atoms. The van der Waals surface area contributed by atoms with Crippen LogP contribution in [0.25, 0.3) is 0 Å². The van der Waals surface area contributed by atoms with Gasteiger partial charge in [0, 0.05) is 12.8 Å². The van der Waals surface area contributed by atoms with Crippen LogP contribution >= 0.6 is 0 Å². The molecule has 0 aromatic heterocycles. The molecule has 1 aliphatic carbocycles. The molecular formula is C13H20N2O4. The zero-order chi connectivity index (χ0) is 14.5. The largest absolute Gasteiger partial charge is 0.479 e. The molecule has 1 saturated carbocycles. The molecule has 0 aromatic rings. The van der Waals surface area contributed by atoms with Gasteiger partial charge in [0.25, 0.3) is 0 Å². The Hall–Kier alpha value is -1.56. The molecule has 0 heterocycles. The van der Waals surface area contributed by atoms with Crippen LogP contribution in [-0.2, 0) is 14.4 Å². The quantitative estimate of drug-likeness (QED) is 0.737. The summed E-state index contributed by atoms with van der Waals surface area (Å²) in [5.74, 6) is -1.80. The highest BCUT2D eigenvalue weighted by atomic mass is 16.4. The van der Waals surface area contributed by atoms with Gasteiger partial charge in [-0.1, -0.05) is 6.92 Å². The molecule has 6 nitrogen and oxygen atoms in total. The van der Waals surface area contributed by atoms with Crippen LogP contribution < -0.4 is 5.73 Å². The molecule has 0 amide bonds. The van der Waals surface area contributed by atoms with E-state index >= 15 is 0 Å². The lowest BCUT2D eigenvalue weighted by molar-refractivity contribution is -0.143. The number of hydrogen-bond acceptors (Lipinski definition) is 5. The molecule has 0 spiro atoms. The van der Waals surface area contributed by atoms with Crippen LogP contribution in [0, 0.1) is 0 Å². The number of aliphatic carboxylic acids is 1. The maximum atomic E-state index is 11.7. The molecule has 1 rings (SSSR count).